The number of fused-ring (bicyclic) bond motifs is 10. The molecule has 3 unspecified atom stereocenters. The molecule has 10 nitrogen and oxygen atoms in total. The maximum atomic E-state index is 13.6. The molecule has 2 amide bonds. The molecule has 4 aliphatic rings. The minimum Gasteiger partial charge on any atom is -0.390 e. The average Bonchev–Trinajstić information content (AvgIpc) is 2.95. The van der Waals surface area contributed by atoms with Gasteiger partial charge in [-0.05, 0) is 25.7 Å². The number of aliphatic hydroxyl groups excluding tert-OH is 1. The lowest BCUT2D eigenvalue weighted by Gasteiger charge is -2.33. The second kappa shape index (κ2) is 14.7. The zero-order chi connectivity index (χ0) is 31.1. The Morgan fingerprint density at radius 3 is 2.57 bits per heavy atom. The van der Waals surface area contributed by atoms with Gasteiger partial charge in [-0.15, -0.1) is 6.58 Å². The summed E-state index contributed by atoms with van der Waals surface area (Å²) >= 11 is 0. The summed E-state index contributed by atoms with van der Waals surface area (Å²) < 4.78 is 11.8. The molecule has 4 bridgehead atoms. The van der Waals surface area contributed by atoms with Gasteiger partial charge in [-0.1, -0.05) is 50.6 Å². The van der Waals surface area contributed by atoms with Crippen LogP contribution in [0.15, 0.2) is 59.5 Å². The van der Waals surface area contributed by atoms with Gasteiger partial charge in [0.15, 0.2) is 0 Å². The van der Waals surface area contributed by atoms with E-state index in [0.717, 1.165) is 11.6 Å². The van der Waals surface area contributed by atoms with Gasteiger partial charge in [0, 0.05) is 55.4 Å². The van der Waals surface area contributed by atoms with Crippen molar-refractivity contribution >= 4 is 23.4 Å². The molecule has 10 heteroatoms. The summed E-state index contributed by atoms with van der Waals surface area (Å²) in [5, 5.41) is 17.0. The van der Waals surface area contributed by atoms with Gasteiger partial charge in [0.25, 0.3) is 0 Å². The van der Waals surface area contributed by atoms with E-state index in [2.05, 4.69) is 17.2 Å². The highest BCUT2D eigenvalue weighted by Gasteiger charge is 2.36. The number of ketones is 2. The molecule has 0 saturated heterocycles. The molecule has 0 aromatic heterocycles. The summed E-state index contributed by atoms with van der Waals surface area (Å²) in [4.78, 5) is 52.0. The van der Waals surface area contributed by atoms with Gasteiger partial charge in [-0.3, -0.25) is 19.2 Å². The predicted octanol–water partition coefficient (Wildman–Crippen LogP) is 2.26. The van der Waals surface area contributed by atoms with Crippen molar-refractivity contribution in [3.05, 3.63) is 59.5 Å². The van der Waals surface area contributed by atoms with E-state index in [1.807, 2.05) is 39.0 Å². The van der Waals surface area contributed by atoms with Crippen molar-refractivity contribution in [2.75, 3.05) is 20.3 Å². The van der Waals surface area contributed by atoms with Crippen LogP contribution in [0.5, 0.6) is 0 Å². The Hall–Kier alpha value is -3.34. The first-order valence-corrected chi connectivity index (χ1v) is 14.5. The number of amides is 2. The van der Waals surface area contributed by atoms with Crippen molar-refractivity contribution in [1.29, 1.82) is 0 Å². The summed E-state index contributed by atoms with van der Waals surface area (Å²) in [6.45, 7) is 11.6. The number of allylic oxidation sites excluding steroid dienone is 2. The number of hydrogen-bond acceptors (Lipinski definition) is 8. The number of rotatable bonds is 6. The van der Waals surface area contributed by atoms with E-state index >= 15 is 0 Å². The first-order valence-electron chi connectivity index (χ1n) is 14.5. The molecule has 3 heterocycles. The molecule has 3 aliphatic heterocycles. The van der Waals surface area contributed by atoms with Crippen LogP contribution in [0.1, 0.15) is 47.0 Å². The minimum atomic E-state index is -0.887. The number of ether oxygens (including phenoxy) is 2. The number of hydrogen-bond donors (Lipinski definition) is 4. The Morgan fingerprint density at radius 1 is 1.26 bits per heavy atom. The van der Waals surface area contributed by atoms with E-state index < -0.39 is 47.6 Å². The lowest BCUT2D eigenvalue weighted by molar-refractivity contribution is -0.127. The van der Waals surface area contributed by atoms with Crippen LogP contribution in [0, 0.1) is 29.6 Å². The van der Waals surface area contributed by atoms with Crippen LogP contribution in [0.2, 0.25) is 0 Å². The highest BCUT2D eigenvalue weighted by atomic mass is 16.5. The summed E-state index contributed by atoms with van der Waals surface area (Å²) in [6, 6.07) is 0. The lowest BCUT2D eigenvalue weighted by Crippen LogP contribution is -2.41. The molecule has 1 aliphatic carbocycles. The normalized spacial score (nSPS) is 34.4. The number of nitrogens with one attached hydrogen (secondary N) is 2. The maximum Gasteiger partial charge on any atom is 0.227 e. The third-order valence-corrected chi connectivity index (χ3v) is 8.45. The Balaban J connectivity index is 2.05. The number of carbonyl (C=O) groups is 4. The Bertz CT molecular complexity index is 1200. The summed E-state index contributed by atoms with van der Waals surface area (Å²) in [6.07, 6.45) is 7.18. The van der Waals surface area contributed by atoms with Crippen molar-refractivity contribution in [2.24, 2.45) is 35.3 Å². The number of methoxy groups -OCH3 is 1. The fourth-order valence-electron chi connectivity index (χ4n) is 5.87. The molecule has 4 rings (SSSR count). The van der Waals surface area contributed by atoms with Gasteiger partial charge in [0.1, 0.15) is 0 Å². The molecule has 0 spiro atoms. The molecule has 0 radical (unpaired) electrons. The predicted molar refractivity (Wildman–Crippen MR) is 158 cm³/mol. The molecule has 0 aromatic carbocycles. The fraction of sp³-hybridized carbons (Fsp3) is 0.562. The summed E-state index contributed by atoms with van der Waals surface area (Å²) in [7, 11) is 1.52. The molecule has 42 heavy (non-hydrogen) atoms. The molecular weight excluding hydrogens is 538 g/mol. The van der Waals surface area contributed by atoms with E-state index in [4.69, 9.17) is 15.2 Å². The average molecular weight is 584 g/mol. The van der Waals surface area contributed by atoms with Gasteiger partial charge in [0.2, 0.25) is 23.4 Å². The van der Waals surface area contributed by atoms with Crippen LogP contribution in [-0.4, -0.2) is 67.1 Å². The highest BCUT2D eigenvalue weighted by Crippen LogP contribution is 2.32. The number of primary amides is 1. The first kappa shape index (κ1) is 33.2. The number of carbonyl (C=O) groups excluding carboxylic acids is 4. The standard InChI is InChI=1S/C32H45N3O7/c1-7-10-34-29-23-11-17(2)12-27(41-6)30(38)19(4)13-18(3)22(14-28(33)37)26-9-8-21(16-42-26)20(5)32(40)35-24(31(23)39)15-25(29)36/h7-9,13,15,17,19-22,26-27,30,34,38H,1,10-12,14,16H2,2-6H3,(H2,33,37)(H,35,40)/b18-13+/t17?,19-,20?,21?,22-,26-,27-,30+/m0/s1. The Kier molecular flexibility index (Phi) is 11.6. The van der Waals surface area contributed by atoms with Crippen LogP contribution in [0.3, 0.4) is 0 Å². The lowest BCUT2D eigenvalue weighted by atomic mass is 9.83. The number of Topliss-reactive ketones (excluding diaryl/α,β-unsaturated/α-hetero) is 1. The van der Waals surface area contributed by atoms with Crippen LogP contribution in [-0.2, 0) is 28.7 Å². The van der Waals surface area contributed by atoms with Crippen molar-refractivity contribution in [2.45, 2.75) is 65.3 Å². The van der Waals surface area contributed by atoms with E-state index in [-0.39, 0.29) is 66.6 Å². The van der Waals surface area contributed by atoms with Gasteiger partial charge in [-0.25, -0.2) is 0 Å². The molecular formula is C32H45N3O7. The van der Waals surface area contributed by atoms with Crippen LogP contribution in [0.25, 0.3) is 0 Å². The molecule has 230 valence electrons. The quantitative estimate of drug-likeness (QED) is 0.274. The van der Waals surface area contributed by atoms with Crippen LogP contribution in [0.4, 0.5) is 0 Å². The third kappa shape index (κ3) is 7.93. The fourth-order valence-corrected chi connectivity index (χ4v) is 5.87. The smallest absolute Gasteiger partial charge is 0.227 e. The summed E-state index contributed by atoms with van der Waals surface area (Å²) in [5.41, 5.74) is 6.82. The zero-order valence-electron chi connectivity index (χ0n) is 25.2. The van der Waals surface area contributed by atoms with Crippen LogP contribution < -0.4 is 16.4 Å². The Labute approximate surface area is 248 Å². The van der Waals surface area contributed by atoms with Crippen molar-refractivity contribution in [1.82, 2.24) is 10.6 Å². The summed E-state index contributed by atoms with van der Waals surface area (Å²) in [5.74, 6) is -3.42. The number of nitrogens with two attached hydrogens (primary N) is 1. The van der Waals surface area contributed by atoms with Crippen molar-refractivity contribution in [3.8, 4) is 0 Å². The van der Waals surface area contributed by atoms with E-state index in [1.54, 1.807) is 13.0 Å². The molecule has 0 fully saturated rings. The van der Waals surface area contributed by atoms with E-state index in [0.29, 0.717) is 6.42 Å². The van der Waals surface area contributed by atoms with Gasteiger partial charge in [0.05, 0.1) is 36.3 Å². The van der Waals surface area contributed by atoms with E-state index in [1.165, 1.54) is 7.11 Å². The third-order valence-electron chi connectivity index (χ3n) is 8.45. The second-order valence-electron chi connectivity index (χ2n) is 11.8. The first-order chi connectivity index (χ1) is 19.9. The highest BCUT2D eigenvalue weighted by molar-refractivity contribution is 6.23. The van der Waals surface area contributed by atoms with Crippen molar-refractivity contribution in [3.63, 3.8) is 0 Å². The zero-order valence-corrected chi connectivity index (χ0v) is 25.2. The minimum absolute atomic E-state index is 0.0627. The SMILES string of the molecule is C=CCNC1=C2CC(C)C[C@H](OC)[C@H](O)[C@@H](C)/C=C(\C)[C@H](CC(N)=O)[C@@H]3C=CC(CO3)C(C)C(=O)NC(=CC1=O)C2=O. The molecule has 8 atom stereocenters. The van der Waals surface area contributed by atoms with Gasteiger partial charge in [-0.2, -0.15) is 0 Å². The molecule has 0 aromatic rings. The van der Waals surface area contributed by atoms with Gasteiger partial charge < -0.3 is 30.9 Å². The molecule has 0 saturated carbocycles. The molecule has 5 N–H and O–H groups in total. The van der Waals surface area contributed by atoms with E-state index in [9.17, 15) is 24.3 Å². The van der Waals surface area contributed by atoms with Crippen molar-refractivity contribution < 1.29 is 33.8 Å². The monoisotopic (exact) mass is 583 g/mol. The number of aliphatic hydroxyl groups is 1. The largest absolute Gasteiger partial charge is 0.390 e. The van der Waals surface area contributed by atoms with Crippen LogP contribution >= 0.6 is 0 Å². The second-order valence-corrected chi connectivity index (χ2v) is 11.8. The van der Waals surface area contributed by atoms with Gasteiger partial charge >= 0.3 is 0 Å². The maximum absolute atomic E-state index is 13.6. The topological polar surface area (TPSA) is 157 Å². The Morgan fingerprint density at radius 2 is 1.98 bits per heavy atom.